The first kappa shape index (κ1) is 60.3. The molecular weight excluding hydrogens is 1060 g/mol. The first-order chi connectivity index (χ1) is 19.5. The van der Waals surface area contributed by atoms with Crippen LogP contribution in [-0.4, -0.2) is 47.1 Å². The Hall–Kier alpha value is -1.96. The molecule has 0 radical (unpaired) electrons. The van der Waals surface area contributed by atoms with Gasteiger partial charge in [-0.15, -0.1) is 36.0 Å². The van der Waals surface area contributed by atoms with Gasteiger partial charge in [-0.25, -0.2) is 9.59 Å². The topological polar surface area (TPSA) is 104 Å². The molecule has 2 rings (SSSR count). The molecule has 0 aliphatic carbocycles. The number of aromatic carboxylic acids is 1. The molecule has 0 amide bonds. The van der Waals surface area contributed by atoms with Crippen LogP contribution < -0.4 is 0 Å². The van der Waals surface area contributed by atoms with E-state index in [9.17, 15) is 9.59 Å². The van der Waals surface area contributed by atoms with Crippen LogP contribution in [0.15, 0.2) is 60.7 Å². The van der Waals surface area contributed by atoms with E-state index >= 15 is 0 Å². The van der Waals surface area contributed by atoms with Crippen molar-refractivity contribution in [3.8, 4) is 36.0 Å². The van der Waals surface area contributed by atoms with Crippen LogP contribution in [0.5, 0.6) is 0 Å². The molecule has 0 aliphatic heterocycles. The maximum absolute atomic E-state index is 11.3. The quantitative estimate of drug-likeness (QED) is 0.162. The van der Waals surface area contributed by atoms with Crippen molar-refractivity contribution in [3.05, 3.63) is 71.8 Å². The zero-order chi connectivity index (χ0) is 31.9. The van der Waals surface area contributed by atoms with Gasteiger partial charge in [-0.3, -0.25) is 0 Å². The molecule has 0 spiro atoms. The predicted octanol–water partition coefficient (Wildman–Crippen LogP) is 7.11. The van der Waals surface area contributed by atoms with Gasteiger partial charge in [0, 0.05) is 82.5 Å². The average molecular weight is 1110 g/mol. The third kappa shape index (κ3) is 53.1. The Morgan fingerprint density at radius 3 is 1.30 bits per heavy atom. The Morgan fingerprint density at radius 2 is 1.05 bits per heavy atom. The maximum atomic E-state index is 11.3. The van der Waals surface area contributed by atoms with E-state index in [4.69, 9.17) is 26.5 Å². The van der Waals surface area contributed by atoms with Crippen molar-refractivity contribution < 1.29 is 92.8 Å². The molecular formula is C34H50O6W3. The predicted molar refractivity (Wildman–Crippen MR) is 168 cm³/mol. The van der Waals surface area contributed by atoms with Crippen molar-refractivity contribution in [2.75, 3.05) is 19.8 Å². The molecule has 43 heavy (non-hydrogen) atoms. The Labute approximate surface area is 305 Å². The number of hydrogen-bond donors (Lipinski definition) is 3. The molecule has 0 saturated carbocycles. The van der Waals surface area contributed by atoms with E-state index in [0.29, 0.717) is 37.0 Å². The van der Waals surface area contributed by atoms with Crippen LogP contribution in [0.1, 0.15) is 95.4 Å². The second kappa shape index (κ2) is 59.5. The number of benzene rings is 2. The van der Waals surface area contributed by atoms with Gasteiger partial charge in [0.05, 0.1) is 24.3 Å². The number of aliphatic hydroxyl groups excluding tert-OH is 2. The first-order valence-corrected chi connectivity index (χ1v) is 13.4. The zero-order valence-corrected chi connectivity index (χ0v) is 35.7. The number of carboxylic acids is 1. The summed E-state index contributed by atoms with van der Waals surface area (Å²) in [5.74, 6) is 12.0. The number of aliphatic hydroxyl groups is 2. The SMILES string of the molecule is C#CCCO.CC.CC.CC.CC#CCCO.CC#CCCOC(=O)c1ccccc1.O=C(O)c1ccccc1.[W].[W].[W]. The molecule has 2 aromatic carbocycles. The van der Waals surface area contributed by atoms with Crippen LogP contribution in [0.25, 0.3) is 0 Å². The van der Waals surface area contributed by atoms with Crippen LogP contribution in [0, 0.1) is 36.0 Å². The second-order valence-corrected chi connectivity index (χ2v) is 5.93. The number of carbonyl (C=O) groups excluding carboxylic acids is 1. The minimum absolute atomic E-state index is 0. The summed E-state index contributed by atoms with van der Waals surface area (Å²) in [5, 5.41) is 24.4. The Morgan fingerprint density at radius 1 is 0.674 bits per heavy atom. The van der Waals surface area contributed by atoms with E-state index in [1.807, 2.05) is 59.7 Å². The number of esters is 1. The molecule has 2 aromatic rings. The number of carboxylic acid groups (broad SMARTS) is 1. The monoisotopic (exact) mass is 1110 g/mol. The second-order valence-electron chi connectivity index (χ2n) is 5.93. The molecule has 0 fully saturated rings. The van der Waals surface area contributed by atoms with E-state index in [-0.39, 0.29) is 82.4 Å². The van der Waals surface area contributed by atoms with Crippen LogP contribution in [-0.2, 0) is 67.9 Å². The van der Waals surface area contributed by atoms with Crippen LogP contribution in [0.2, 0.25) is 0 Å². The summed E-state index contributed by atoms with van der Waals surface area (Å²) in [6.45, 7) is 16.2. The fourth-order valence-corrected chi connectivity index (χ4v) is 1.80. The number of rotatable bonds is 6. The normalized spacial score (nSPS) is 6.72. The van der Waals surface area contributed by atoms with Gasteiger partial charge in [0.25, 0.3) is 0 Å². The summed E-state index contributed by atoms with van der Waals surface area (Å²) in [7, 11) is 0. The number of carbonyl (C=O) groups is 2. The number of ether oxygens (including phenoxy) is 1. The van der Waals surface area contributed by atoms with Gasteiger partial charge in [-0.05, 0) is 38.1 Å². The van der Waals surface area contributed by atoms with Crippen molar-refractivity contribution in [2.24, 2.45) is 0 Å². The summed E-state index contributed by atoms with van der Waals surface area (Å²) in [4.78, 5) is 21.5. The smallest absolute Gasteiger partial charge is 0.338 e. The van der Waals surface area contributed by atoms with Gasteiger partial charge in [0.2, 0.25) is 0 Å². The average Bonchev–Trinajstić information content (AvgIpc) is 3.03. The van der Waals surface area contributed by atoms with Crippen molar-refractivity contribution in [3.63, 3.8) is 0 Å². The number of hydrogen-bond acceptors (Lipinski definition) is 5. The Kier molecular flexibility index (Phi) is 83.3. The van der Waals surface area contributed by atoms with Crippen LogP contribution >= 0.6 is 0 Å². The van der Waals surface area contributed by atoms with Crippen molar-refractivity contribution in [1.82, 2.24) is 0 Å². The Balaban J connectivity index is -0.0000000619. The number of terminal acetylenes is 1. The molecule has 0 aromatic heterocycles. The summed E-state index contributed by atoms with van der Waals surface area (Å²) in [6, 6.07) is 17.2. The summed E-state index contributed by atoms with van der Waals surface area (Å²) in [6.07, 6.45) is 6.40. The van der Waals surface area contributed by atoms with Crippen molar-refractivity contribution in [2.45, 2.75) is 74.7 Å². The minimum atomic E-state index is -0.879. The fraction of sp³-hybridized carbons (Fsp3) is 0.412. The molecule has 6 nitrogen and oxygen atoms in total. The molecule has 0 saturated heterocycles. The van der Waals surface area contributed by atoms with E-state index in [2.05, 4.69) is 29.6 Å². The molecule has 0 unspecified atom stereocenters. The van der Waals surface area contributed by atoms with E-state index in [0.717, 1.165) is 0 Å². The van der Waals surface area contributed by atoms with Gasteiger partial charge in [-0.1, -0.05) is 77.9 Å². The largest absolute Gasteiger partial charge is 0.478 e. The minimum Gasteiger partial charge on any atom is -0.478 e. The maximum Gasteiger partial charge on any atom is 0.338 e. The van der Waals surface area contributed by atoms with Crippen molar-refractivity contribution >= 4 is 11.9 Å². The molecule has 0 aliphatic rings. The van der Waals surface area contributed by atoms with E-state index in [1.54, 1.807) is 56.3 Å². The third-order valence-electron chi connectivity index (χ3n) is 3.34. The van der Waals surface area contributed by atoms with Crippen molar-refractivity contribution in [1.29, 1.82) is 0 Å². The summed E-state index contributed by atoms with van der Waals surface area (Å²) >= 11 is 0. The van der Waals surface area contributed by atoms with Gasteiger partial charge in [-0.2, -0.15) is 0 Å². The molecule has 0 bridgehead atoms. The van der Waals surface area contributed by atoms with Gasteiger partial charge < -0.3 is 20.1 Å². The van der Waals surface area contributed by atoms with E-state index in [1.165, 1.54) is 0 Å². The van der Waals surface area contributed by atoms with Gasteiger partial charge in [0.15, 0.2) is 0 Å². The zero-order valence-electron chi connectivity index (χ0n) is 26.9. The summed E-state index contributed by atoms with van der Waals surface area (Å²) < 4.78 is 4.99. The van der Waals surface area contributed by atoms with E-state index < -0.39 is 5.97 Å². The first-order valence-electron chi connectivity index (χ1n) is 13.4. The molecule has 240 valence electrons. The molecule has 3 N–H and O–H groups in total. The standard InChI is InChI=1S/C12H12O2.C7H6O2.C5H8O.C4H6O.3C2H6.3W/c1-2-3-7-10-14-12(13)11-8-5-4-6-9-11;8-7(9)6-4-2-1-3-5-6;1-2-3-4-5-6;1-2-3-4-5;3*1-2;;;/h4-6,8-9H,7,10H2,1H3;1-5H,(H,8,9);6H,4-5H2,1H3;1,5H,3-4H2;3*1-2H3;;;. The fourth-order valence-electron chi connectivity index (χ4n) is 1.80. The molecule has 0 heterocycles. The molecule has 9 heteroatoms. The Bertz CT molecular complexity index is 956. The van der Waals surface area contributed by atoms with Gasteiger partial charge >= 0.3 is 11.9 Å². The van der Waals surface area contributed by atoms with Crippen LogP contribution in [0.3, 0.4) is 0 Å². The third-order valence-corrected chi connectivity index (χ3v) is 3.34. The summed E-state index contributed by atoms with van der Waals surface area (Å²) in [5.41, 5.74) is 0.912. The van der Waals surface area contributed by atoms with Crippen LogP contribution in [0.4, 0.5) is 0 Å². The van der Waals surface area contributed by atoms with Gasteiger partial charge in [0.1, 0.15) is 6.61 Å². The molecule has 0 atom stereocenters.